The molecule has 19 heavy (non-hydrogen) atoms. The zero-order valence-electron chi connectivity index (χ0n) is 10.3. The second-order valence-corrected chi connectivity index (χ2v) is 4.10. The van der Waals surface area contributed by atoms with Gasteiger partial charge in [0.05, 0.1) is 0 Å². The summed E-state index contributed by atoms with van der Waals surface area (Å²) in [5.74, 6) is 1.01. The minimum atomic E-state index is -4.24. The first-order chi connectivity index (χ1) is 8.76. The Morgan fingerprint density at radius 1 is 1.37 bits per heavy atom. The summed E-state index contributed by atoms with van der Waals surface area (Å²) in [4.78, 5) is 7.80. The van der Waals surface area contributed by atoms with E-state index < -0.39 is 19.0 Å². The van der Waals surface area contributed by atoms with Gasteiger partial charge in [-0.3, -0.25) is 0 Å². The number of hydrogen-bond acceptors (Lipinski definition) is 5. The lowest BCUT2D eigenvalue weighted by molar-refractivity contribution is -0.148. The molecule has 1 aromatic heterocycles. The van der Waals surface area contributed by atoms with Crippen molar-refractivity contribution in [3.63, 3.8) is 0 Å². The lowest BCUT2D eigenvalue weighted by Crippen LogP contribution is -2.34. The fraction of sp³-hybridized carbons (Fsp3) is 0.600. The maximum atomic E-state index is 12.7. The maximum absolute atomic E-state index is 12.7. The molecule has 3 N–H and O–H groups in total. The van der Waals surface area contributed by atoms with Gasteiger partial charge in [-0.2, -0.15) is 13.8 Å². The number of nitrogen functional groups attached to an aromatic ring is 1. The van der Waals surface area contributed by atoms with Crippen molar-refractivity contribution in [2.24, 2.45) is 5.84 Å². The smallest absolute Gasteiger partial charge is 0.340 e. The van der Waals surface area contributed by atoms with E-state index >= 15 is 0 Å². The molecular formula is C10H14F4N4O. The Kier molecular flexibility index (Phi) is 4.87. The van der Waals surface area contributed by atoms with Crippen LogP contribution in [0.5, 0.6) is 5.88 Å². The van der Waals surface area contributed by atoms with E-state index in [4.69, 9.17) is 5.84 Å². The van der Waals surface area contributed by atoms with Crippen LogP contribution in [0.4, 0.5) is 23.4 Å². The van der Waals surface area contributed by atoms with E-state index in [9.17, 15) is 17.6 Å². The number of nitrogens with one attached hydrogen (secondary N) is 1. The molecule has 1 aromatic rings. The minimum absolute atomic E-state index is 0.105. The number of aromatic nitrogens is 2. The summed E-state index contributed by atoms with van der Waals surface area (Å²) in [5, 5.41) is 0. The van der Waals surface area contributed by atoms with Crippen molar-refractivity contribution in [1.82, 2.24) is 9.97 Å². The van der Waals surface area contributed by atoms with Crippen LogP contribution in [0.25, 0.3) is 0 Å². The Bertz CT molecular complexity index is 428. The van der Waals surface area contributed by atoms with Crippen molar-refractivity contribution in [2.45, 2.75) is 32.1 Å². The lowest BCUT2D eigenvalue weighted by atomic mass is 10.2. The van der Waals surface area contributed by atoms with Crippen molar-refractivity contribution in [3.05, 3.63) is 11.9 Å². The molecule has 0 amide bonds. The molecule has 0 aromatic carbocycles. The third-order valence-electron chi connectivity index (χ3n) is 2.12. The van der Waals surface area contributed by atoms with Gasteiger partial charge >= 0.3 is 12.3 Å². The Morgan fingerprint density at radius 3 is 2.47 bits per heavy atom. The Hall–Kier alpha value is -1.64. The van der Waals surface area contributed by atoms with E-state index in [2.05, 4.69) is 20.1 Å². The SMILES string of the molecule is CC(C)c1nc(NN)cc(OCC(F)(F)C(F)F)n1. The largest absolute Gasteiger partial charge is 0.471 e. The van der Waals surface area contributed by atoms with Gasteiger partial charge in [0.15, 0.2) is 6.61 Å². The quantitative estimate of drug-likeness (QED) is 0.475. The summed E-state index contributed by atoms with van der Waals surface area (Å²) in [5.41, 5.74) is 2.22. The van der Waals surface area contributed by atoms with E-state index in [1.54, 1.807) is 13.8 Å². The molecule has 0 saturated carbocycles. The number of ether oxygens (including phenoxy) is 1. The Labute approximate surface area is 107 Å². The molecule has 0 radical (unpaired) electrons. The predicted molar refractivity (Wildman–Crippen MR) is 60.4 cm³/mol. The summed E-state index contributed by atoms with van der Waals surface area (Å²) < 4.78 is 54.0. The Morgan fingerprint density at radius 2 is 2.00 bits per heavy atom. The highest BCUT2D eigenvalue weighted by Gasteiger charge is 2.41. The highest BCUT2D eigenvalue weighted by atomic mass is 19.3. The van der Waals surface area contributed by atoms with E-state index in [0.717, 1.165) is 6.07 Å². The predicted octanol–water partition coefficient (Wildman–Crippen LogP) is 2.16. The monoisotopic (exact) mass is 282 g/mol. The van der Waals surface area contributed by atoms with Crippen molar-refractivity contribution in [2.75, 3.05) is 12.0 Å². The highest BCUT2D eigenvalue weighted by Crippen LogP contribution is 2.25. The van der Waals surface area contributed by atoms with Gasteiger partial charge in [0, 0.05) is 12.0 Å². The highest BCUT2D eigenvalue weighted by molar-refractivity contribution is 5.37. The number of nitrogens with zero attached hydrogens (tertiary/aromatic N) is 2. The molecule has 1 rings (SSSR count). The molecular weight excluding hydrogens is 268 g/mol. The molecule has 0 aliphatic carbocycles. The van der Waals surface area contributed by atoms with E-state index in [1.807, 2.05) is 0 Å². The van der Waals surface area contributed by atoms with Crippen molar-refractivity contribution in [3.8, 4) is 5.88 Å². The second-order valence-electron chi connectivity index (χ2n) is 4.10. The molecule has 0 spiro atoms. The van der Waals surface area contributed by atoms with Gasteiger partial charge in [0.25, 0.3) is 0 Å². The van der Waals surface area contributed by atoms with Crippen LogP contribution < -0.4 is 16.0 Å². The maximum Gasteiger partial charge on any atom is 0.340 e. The minimum Gasteiger partial charge on any atom is -0.471 e. The third-order valence-corrected chi connectivity index (χ3v) is 2.12. The summed E-state index contributed by atoms with van der Waals surface area (Å²) in [7, 11) is 0. The normalized spacial score (nSPS) is 12.1. The van der Waals surface area contributed by atoms with E-state index in [-0.39, 0.29) is 17.6 Å². The summed E-state index contributed by atoms with van der Waals surface area (Å²) in [6.45, 7) is 2.07. The number of anilines is 1. The lowest BCUT2D eigenvalue weighted by Gasteiger charge is -2.16. The van der Waals surface area contributed by atoms with Crippen LogP contribution in [0.1, 0.15) is 25.6 Å². The molecule has 0 fully saturated rings. The van der Waals surface area contributed by atoms with Crippen LogP contribution in [0.3, 0.4) is 0 Å². The molecule has 0 atom stereocenters. The molecule has 0 aliphatic rings. The zero-order valence-corrected chi connectivity index (χ0v) is 10.3. The zero-order chi connectivity index (χ0) is 14.6. The average molecular weight is 282 g/mol. The van der Waals surface area contributed by atoms with E-state index in [1.165, 1.54) is 0 Å². The standard InChI is InChI=1S/C10H14F4N4O/c1-5(2)8-16-6(18-15)3-7(17-8)19-4-10(13,14)9(11)12/h3,5,9H,4,15H2,1-2H3,(H,16,17,18). The molecule has 108 valence electrons. The number of halogens is 4. The van der Waals surface area contributed by atoms with Gasteiger partial charge in [0.1, 0.15) is 11.6 Å². The number of rotatable bonds is 6. The van der Waals surface area contributed by atoms with Crippen molar-refractivity contribution < 1.29 is 22.3 Å². The molecule has 0 unspecified atom stereocenters. The van der Waals surface area contributed by atoms with Crippen molar-refractivity contribution >= 4 is 5.82 Å². The van der Waals surface area contributed by atoms with Gasteiger partial charge in [-0.1, -0.05) is 13.8 Å². The van der Waals surface area contributed by atoms with Crippen LogP contribution in [0.2, 0.25) is 0 Å². The Balaban J connectivity index is 2.86. The molecule has 1 heterocycles. The fourth-order valence-corrected chi connectivity index (χ4v) is 1.08. The van der Waals surface area contributed by atoms with Crippen molar-refractivity contribution in [1.29, 1.82) is 0 Å². The molecule has 0 aliphatic heterocycles. The van der Waals surface area contributed by atoms with Crippen LogP contribution in [-0.4, -0.2) is 28.9 Å². The number of hydrazine groups is 1. The average Bonchev–Trinajstić information content (AvgIpc) is 2.35. The summed E-state index contributed by atoms with van der Waals surface area (Å²) in [6.07, 6.45) is -3.80. The number of alkyl halides is 4. The third kappa shape index (κ3) is 4.19. The van der Waals surface area contributed by atoms with Gasteiger partial charge in [0.2, 0.25) is 5.88 Å². The van der Waals surface area contributed by atoms with Crippen LogP contribution in [0.15, 0.2) is 6.07 Å². The van der Waals surface area contributed by atoms with Gasteiger partial charge in [-0.25, -0.2) is 19.6 Å². The van der Waals surface area contributed by atoms with Crippen LogP contribution in [-0.2, 0) is 0 Å². The number of hydrogen-bond donors (Lipinski definition) is 2. The molecule has 0 bridgehead atoms. The summed E-state index contributed by atoms with van der Waals surface area (Å²) >= 11 is 0. The van der Waals surface area contributed by atoms with Crippen LogP contribution in [0, 0.1) is 0 Å². The molecule has 5 nitrogen and oxygen atoms in total. The number of nitrogens with two attached hydrogens (primary N) is 1. The first kappa shape index (κ1) is 15.4. The molecule has 9 heteroatoms. The fourth-order valence-electron chi connectivity index (χ4n) is 1.08. The van der Waals surface area contributed by atoms with Gasteiger partial charge in [-0.05, 0) is 0 Å². The molecule has 0 saturated heterocycles. The van der Waals surface area contributed by atoms with E-state index in [0.29, 0.717) is 5.82 Å². The van der Waals surface area contributed by atoms with Crippen LogP contribution >= 0.6 is 0 Å². The first-order valence-corrected chi connectivity index (χ1v) is 5.40. The summed E-state index contributed by atoms with van der Waals surface area (Å²) in [6, 6.07) is 1.15. The topological polar surface area (TPSA) is 73.1 Å². The van der Waals surface area contributed by atoms with Gasteiger partial charge < -0.3 is 10.2 Å². The second kappa shape index (κ2) is 6.00. The first-order valence-electron chi connectivity index (χ1n) is 5.40. The van der Waals surface area contributed by atoms with Gasteiger partial charge in [-0.15, -0.1) is 0 Å².